The van der Waals surface area contributed by atoms with Gasteiger partial charge in [0.2, 0.25) is 0 Å². The molecule has 1 aliphatic rings. The molecule has 0 saturated carbocycles. The molecule has 0 spiro atoms. The van der Waals surface area contributed by atoms with E-state index in [9.17, 15) is 12.8 Å². The number of nitrogens with zero attached hydrogens (tertiary/aromatic N) is 1. The van der Waals surface area contributed by atoms with Crippen LogP contribution in [-0.4, -0.2) is 26.0 Å². The Labute approximate surface area is 105 Å². The number of sulfone groups is 1. The average Bonchev–Trinajstić information content (AvgIpc) is 2.67. The molecule has 18 heavy (non-hydrogen) atoms. The normalized spacial score (nSPS) is 21.4. The first-order valence-corrected chi connectivity index (χ1v) is 7.39. The number of anilines is 1. The van der Waals surface area contributed by atoms with Crippen LogP contribution in [0.4, 0.5) is 10.1 Å². The molecule has 96 valence electrons. The van der Waals surface area contributed by atoms with E-state index in [0.717, 1.165) is 6.07 Å². The van der Waals surface area contributed by atoms with Crippen molar-refractivity contribution in [2.24, 2.45) is 0 Å². The van der Waals surface area contributed by atoms with E-state index in [1.165, 1.54) is 12.1 Å². The monoisotopic (exact) mass is 268 g/mol. The molecule has 0 amide bonds. The molecule has 0 aromatic heterocycles. The summed E-state index contributed by atoms with van der Waals surface area (Å²) < 4.78 is 36.7. The number of halogens is 1. The molecule has 1 aromatic rings. The third-order valence-electron chi connectivity index (χ3n) is 3.08. The minimum Gasteiger partial charge on any atom is -0.381 e. The molecule has 1 N–H and O–H groups in total. The summed E-state index contributed by atoms with van der Waals surface area (Å²) in [4.78, 5) is 0. The Balaban J connectivity index is 2.05. The van der Waals surface area contributed by atoms with Crippen LogP contribution >= 0.6 is 0 Å². The van der Waals surface area contributed by atoms with Crippen LogP contribution in [-0.2, 0) is 9.84 Å². The Morgan fingerprint density at radius 3 is 2.83 bits per heavy atom. The molecule has 1 saturated heterocycles. The first-order valence-electron chi connectivity index (χ1n) is 5.68. The van der Waals surface area contributed by atoms with Crippen molar-refractivity contribution in [3.8, 4) is 6.07 Å². The maximum absolute atomic E-state index is 13.5. The van der Waals surface area contributed by atoms with E-state index < -0.39 is 20.9 Å². The summed E-state index contributed by atoms with van der Waals surface area (Å²) >= 11 is 0. The third-order valence-corrected chi connectivity index (χ3v) is 5.36. The SMILES string of the molecule is N#Cc1ccc(NCC2CCCS2(=O)=O)c(F)c1. The zero-order valence-electron chi connectivity index (χ0n) is 9.69. The highest BCUT2D eigenvalue weighted by Gasteiger charge is 2.30. The predicted octanol–water partition coefficient (Wildman–Crippen LogP) is 1.69. The second kappa shape index (κ2) is 4.94. The Hall–Kier alpha value is -1.61. The summed E-state index contributed by atoms with van der Waals surface area (Å²) in [5.41, 5.74) is 0.475. The zero-order chi connectivity index (χ0) is 13.2. The predicted molar refractivity (Wildman–Crippen MR) is 66.4 cm³/mol. The Bertz CT molecular complexity index is 593. The molecule has 1 heterocycles. The van der Waals surface area contributed by atoms with Crippen LogP contribution in [0.15, 0.2) is 18.2 Å². The van der Waals surface area contributed by atoms with E-state index in [2.05, 4.69) is 5.32 Å². The van der Waals surface area contributed by atoms with E-state index in [1.807, 2.05) is 6.07 Å². The molecular formula is C12H13FN2O2S. The largest absolute Gasteiger partial charge is 0.381 e. The van der Waals surface area contributed by atoms with Crippen molar-refractivity contribution in [1.29, 1.82) is 5.26 Å². The Kier molecular flexibility index (Phi) is 3.53. The lowest BCUT2D eigenvalue weighted by atomic mass is 10.2. The average molecular weight is 268 g/mol. The molecule has 4 nitrogen and oxygen atoms in total. The van der Waals surface area contributed by atoms with Gasteiger partial charge in [-0.2, -0.15) is 5.26 Å². The molecule has 2 rings (SSSR count). The second-order valence-corrected chi connectivity index (χ2v) is 6.72. The van der Waals surface area contributed by atoms with Gasteiger partial charge in [0.25, 0.3) is 0 Å². The van der Waals surface area contributed by atoms with Gasteiger partial charge in [-0.15, -0.1) is 0 Å². The zero-order valence-corrected chi connectivity index (χ0v) is 10.5. The molecule has 1 aliphatic heterocycles. The maximum Gasteiger partial charge on any atom is 0.154 e. The fourth-order valence-electron chi connectivity index (χ4n) is 2.04. The second-order valence-electron chi connectivity index (χ2n) is 4.32. The number of nitrogens with one attached hydrogen (secondary N) is 1. The number of hydrogen-bond donors (Lipinski definition) is 1. The summed E-state index contributed by atoms with van der Waals surface area (Å²) in [6.45, 7) is 0.213. The molecule has 1 aromatic carbocycles. The van der Waals surface area contributed by atoms with E-state index >= 15 is 0 Å². The quantitative estimate of drug-likeness (QED) is 0.905. The summed E-state index contributed by atoms with van der Waals surface area (Å²) in [7, 11) is -3.02. The summed E-state index contributed by atoms with van der Waals surface area (Å²) in [6, 6.07) is 5.92. The van der Waals surface area contributed by atoms with E-state index in [1.54, 1.807) is 0 Å². The molecule has 0 bridgehead atoms. The molecule has 1 unspecified atom stereocenters. The molecule has 1 atom stereocenters. The third kappa shape index (κ3) is 2.62. The number of nitriles is 1. The van der Waals surface area contributed by atoms with Gasteiger partial charge in [0.1, 0.15) is 5.82 Å². The van der Waals surface area contributed by atoms with Crippen LogP contribution in [0.25, 0.3) is 0 Å². The summed E-state index contributed by atoms with van der Waals surface area (Å²) in [5, 5.41) is 11.0. The first kappa shape index (κ1) is 12.8. The summed E-state index contributed by atoms with van der Waals surface area (Å²) in [6.07, 6.45) is 1.29. The highest BCUT2D eigenvalue weighted by Crippen LogP contribution is 2.22. The molecule has 6 heteroatoms. The van der Waals surface area contributed by atoms with Crippen LogP contribution < -0.4 is 5.32 Å². The fraction of sp³-hybridized carbons (Fsp3) is 0.417. The molecule has 1 fully saturated rings. The van der Waals surface area contributed by atoms with Gasteiger partial charge in [0, 0.05) is 6.54 Å². The van der Waals surface area contributed by atoms with Crippen LogP contribution in [0, 0.1) is 17.1 Å². The molecule has 0 radical (unpaired) electrons. The van der Waals surface area contributed by atoms with Crippen LogP contribution in [0.5, 0.6) is 0 Å². The van der Waals surface area contributed by atoms with Crippen molar-refractivity contribution in [3.63, 3.8) is 0 Å². The maximum atomic E-state index is 13.5. The van der Waals surface area contributed by atoms with Gasteiger partial charge >= 0.3 is 0 Å². The van der Waals surface area contributed by atoms with Crippen LogP contribution in [0.1, 0.15) is 18.4 Å². The van der Waals surface area contributed by atoms with Crippen LogP contribution in [0.2, 0.25) is 0 Å². The van der Waals surface area contributed by atoms with E-state index in [-0.39, 0.29) is 23.5 Å². The van der Waals surface area contributed by atoms with Crippen molar-refractivity contribution in [2.45, 2.75) is 18.1 Å². The van der Waals surface area contributed by atoms with E-state index in [4.69, 9.17) is 5.26 Å². The van der Waals surface area contributed by atoms with Crippen molar-refractivity contribution in [1.82, 2.24) is 0 Å². The van der Waals surface area contributed by atoms with Gasteiger partial charge < -0.3 is 5.32 Å². The van der Waals surface area contributed by atoms with Gasteiger partial charge in [0.05, 0.1) is 28.3 Å². The number of hydrogen-bond acceptors (Lipinski definition) is 4. The minimum absolute atomic E-state index is 0.213. The Morgan fingerprint density at radius 2 is 2.28 bits per heavy atom. The number of benzene rings is 1. The first-order chi connectivity index (χ1) is 8.53. The standard InChI is InChI=1S/C12H13FN2O2S/c13-11-6-9(7-14)3-4-12(11)15-8-10-2-1-5-18(10,16)17/h3-4,6,10,15H,1-2,5,8H2. The molecular weight excluding hydrogens is 255 g/mol. The van der Waals surface area contributed by atoms with Gasteiger partial charge in [-0.3, -0.25) is 0 Å². The minimum atomic E-state index is -3.02. The van der Waals surface area contributed by atoms with Gasteiger partial charge in [0.15, 0.2) is 9.84 Å². The fourth-order valence-corrected chi connectivity index (χ4v) is 3.80. The lowest BCUT2D eigenvalue weighted by Crippen LogP contribution is -2.25. The Morgan fingerprint density at radius 1 is 1.50 bits per heavy atom. The highest BCUT2D eigenvalue weighted by atomic mass is 32.2. The lowest BCUT2D eigenvalue weighted by Gasteiger charge is -2.12. The van der Waals surface area contributed by atoms with Crippen LogP contribution in [0.3, 0.4) is 0 Å². The number of rotatable bonds is 3. The highest BCUT2D eigenvalue weighted by molar-refractivity contribution is 7.92. The van der Waals surface area contributed by atoms with Gasteiger partial charge in [-0.25, -0.2) is 12.8 Å². The van der Waals surface area contributed by atoms with Crippen molar-refractivity contribution < 1.29 is 12.8 Å². The van der Waals surface area contributed by atoms with Gasteiger partial charge in [-0.05, 0) is 31.0 Å². The van der Waals surface area contributed by atoms with Crippen molar-refractivity contribution >= 4 is 15.5 Å². The van der Waals surface area contributed by atoms with Gasteiger partial charge in [-0.1, -0.05) is 0 Å². The van der Waals surface area contributed by atoms with E-state index in [0.29, 0.717) is 12.8 Å². The topological polar surface area (TPSA) is 70.0 Å². The smallest absolute Gasteiger partial charge is 0.154 e. The van der Waals surface area contributed by atoms with Crippen molar-refractivity contribution in [2.75, 3.05) is 17.6 Å². The lowest BCUT2D eigenvalue weighted by molar-refractivity contribution is 0.590. The van der Waals surface area contributed by atoms with Crippen molar-refractivity contribution in [3.05, 3.63) is 29.6 Å². The summed E-state index contributed by atoms with van der Waals surface area (Å²) in [5.74, 6) is -0.320. The molecule has 0 aliphatic carbocycles.